The number of anilines is 1. The summed E-state index contributed by atoms with van der Waals surface area (Å²) in [6.45, 7) is 9.57. The lowest BCUT2D eigenvalue weighted by molar-refractivity contribution is 0.0636. The Labute approximate surface area is 112 Å². The van der Waals surface area contributed by atoms with Gasteiger partial charge in [-0.15, -0.1) is 11.3 Å². The summed E-state index contributed by atoms with van der Waals surface area (Å²) in [5, 5.41) is 5.12. The first-order valence-electron chi connectivity index (χ1n) is 5.94. The highest BCUT2D eigenvalue weighted by Crippen LogP contribution is 2.22. The van der Waals surface area contributed by atoms with Crippen LogP contribution >= 0.6 is 11.3 Å². The molecule has 0 bridgehead atoms. The number of amides is 1. The normalized spacial score (nSPS) is 12.4. The predicted octanol–water partition coefficient (Wildman–Crippen LogP) is 4.30. The van der Waals surface area contributed by atoms with Gasteiger partial charge in [0.15, 0.2) is 5.13 Å². The molecule has 0 fully saturated rings. The highest BCUT2D eigenvalue weighted by molar-refractivity contribution is 7.14. The van der Waals surface area contributed by atoms with Gasteiger partial charge in [0.05, 0.1) is 5.69 Å². The summed E-state index contributed by atoms with van der Waals surface area (Å²) in [5.41, 5.74) is 1.52. The van der Waals surface area contributed by atoms with Crippen LogP contribution in [0.25, 0.3) is 5.57 Å². The highest BCUT2D eigenvalue weighted by atomic mass is 32.1. The number of nitrogens with zero attached hydrogens (tertiary/aromatic N) is 1. The molecule has 1 amide bonds. The van der Waals surface area contributed by atoms with Crippen LogP contribution in [0.4, 0.5) is 9.93 Å². The average Bonchev–Trinajstić information content (AvgIpc) is 2.63. The number of hydrogen-bond acceptors (Lipinski definition) is 4. The van der Waals surface area contributed by atoms with E-state index in [4.69, 9.17) is 4.74 Å². The molecule has 1 N–H and O–H groups in total. The Morgan fingerprint density at radius 2 is 2.22 bits per heavy atom. The van der Waals surface area contributed by atoms with Crippen LogP contribution in [0, 0.1) is 0 Å². The van der Waals surface area contributed by atoms with Crippen molar-refractivity contribution in [1.29, 1.82) is 0 Å². The van der Waals surface area contributed by atoms with Gasteiger partial charge < -0.3 is 4.74 Å². The van der Waals surface area contributed by atoms with Crippen molar-refractivity contribution in [2.75, 3.05) is 5.32 Å². The summed E-state index contributed by atoms with van der Waals surface area (Å²) in [7, 11) is 0. The van der Waals surface area contributed by atoms with Gasteiger partial charge in [0.25, 0.3) is 0 Å². The molecule has 0 saturated heterocycles. The third kappa shape index (κ3) is 4.87. The van der Waals surface area contributed by atoms with E-state index in [9.17, 15) is 4.79 Å². The Bertz CT molecular complexity index is 444. The van der Waals surface area contributed by atoms with Crippen molar-refractivity contribution in [2.24, 2.45) is 0 Å². The van der Waals surface area contributed by atoms with Gasteiger partial charge in [-0.25, -0.2) is 9.78 Å². The smallest absolute Gasteiger partial charge is 0.413 e. The lowest BCUT2D eigenvalue weighted by Crippen LogP contribution is -2.27. The molecule has 0 aliphatic heterocycles. The van der Waals surface area contributed by atoms with Crippen LogP contribution in [0.15, 0.2) is 11.5 Å². The van der Waals surface area contributed by atoms with Crippen LogP contribution in [-0.2, 0) is 4.74 Å². The van der Waals surface area contributed by atoms with E-state index in [1.54, 1.807) is 0 Å². The maximum absolute atomic E-state index is 11.6. The SMILES string of the molecule is CC/C=C(/C)c1csc(NC(=O)OC(C)(C)C)n1. The monoisotopic (exact) mass is 268 g/mol. The molecular weight excluding hydrogens is 248 g/mol. The highest BCUT2D eigenvalue weighted by Gasteiger charge is 2.17. The molecule has 100 valence electrons. The summed E-state index contributed by atoms with van der Waals surface area (Å²) < 4.78 is 5.16. The van der Waals surface area contributed by atoms with Gasteiger partial charge in [0.1, 0.15) is 5.60 Å². The Kier molecular flexibility index (Phi) is 4.90. The van der Waals surface area contributed by atoms with E-state index in [1.807, 2.05) is 33.1 Å². The zero-order chi connectivity index (χ0) is 13.8. The van der Waals surface area contributed by atoms with Gasteiger partial charge in [0.2, 0.25) is 0 Å². The molecule has 5 heteroatoms. The fraction of sp³-hybridized carbons (Fsp3) is 0.538. The molecule has 1 heterocycles. The minimum atomic E-state index is -0.498. The predicted molar refractivity (Wildman–Crippen MR) is 75.9 cm³/mol. The maximum atomic E-state index is 11.6. The van der Waals surface area contributed by atoms with Crippen molar-refractivity contribution in [2.45, 2.75) is 46.6 Å². The maximum Gasteiger partial charge on any atom is 0.413 e. The molecular formula is C13H20N2O2S. The molecule has 4 nitrogen and oxygen atoms in total. The number of carbonyl (C=O) groups is 1. The molecule has 0 aliphatic carbocycles. The molecule has 0 spiro atoms. The van der Waals surface area contributed by atoms with Crippen molar-refractivity contribution in [3.63, 3.8) is 0 Å². The van der Waals surface area contributed by atoms with Crippen LogP contribution in [0.2, 0.25) is 0 Å². The van der Waals surface area contributed by atoms with Crippen molar-refractivity contribution >= 4 is 28.1 Å². The molecule has 0 radical (unpaired) electrons. The van der Waals surface area contributed by atoms with Crippen molar-refractivity contribution in [3.05, 3.63) is 17.2 Å². The van der Waals surface area contributed by atoms with Crippen LogP contribution in [0.3, 0.4) is 0 Å². The summed E-state index contributed by atoms with van der Waals surface area (Å²) in [6, 6.07) is 0. The van der Waals surface area contributed by atoms with Crippen LogP contribution < -0.4 is 5.32 Å². The number of aromatic nitrogens is 1. The number of nitrogens with one attached hydrogen (secondary N) is 1. The Balaban J connectivity index is 2.65. The fourth-order valence-corrected chi connectivity index (χ4v) is 2.07. The Morgan fingerprint density at radius 3 is 2.78 bits per heavy atom. The molecule has 18 heavy (non-hydrogen) atoms. The molecule has 1 aromatic rings. The molecule has 0 saturated carbocycles. The van der Waals surface area contributed by atoms with Gasteiger partial charge >= 0.3 is 6.09 Å². The summed E-state index contributed by atoms with van der Waals surface area (Å²) >= 11 is 1.39. The minimum Gasteiger partial charge on any atom is -0.444 e. The Morgan fingerprint density at radius 1 is 1.56 bits per heavy atom. The lowest BCUT2D eigenvalue weighted by atomic mass is 10.2. The largest absolute Gasteiger partial charge is 0.444 e. The van der Waals surface area contributed by atoms with Gasteiger partial charge in [-0.05, 0) is 39.7 Å². The number of ether oxygens (including phenoxy) is 1. The molecule has 0 aromatic carbocycles. The van der Waals surface area contributed by atoms with Crippen LogP contribution in [-0.4, -0.2) is 16.7 Å². The Hall–Kier alpha value is -1.36. The van der Waals surface area contributed by atoms with Gasteiger partial charge in [-0.1, -0.05) is 13.0 Å². The zero-order valence-corrected chi connectivity index (χ0v) is 12.4. The quantitative estimate of drug-likeness (QED) is 0.889. The third-order valence-corrected chi connectivity index (χ3v) is 2.78. The van der Waals surface area contributed by atoms with Crippen LogP contribution in [0.5, 0.6) is 0 Å². The van der Waals surface area contributed by atoms with E-state index in [1.165, 1.54) is 11.3 Å². The first-order chi connectivity index (χ1) is 8.31. The lowest BCUT2D eigenvalue weighted by Gasteiger charge is -2.18. The minimum absolute atomic E-state index is 0.472. The van der Waals surface area contributed by atoms with Gasteiger partial charge in [-0.2, -0.15) is 0 Å². The van der Waals surface area contributed by atoms with Gasteiger partial charge in [0, 0.05) is 5.38 Å². The second-order valence-corrected chi connectivity index (χ2v) is 5.82. The van der Waals surface area contributed by atoms with E-state index < -0.39 is 11.7 Å². The average molecular weight is 268 g/mol. The number of rotatable bonds is 3. The van der Waals surface area contributed by atoms with Crippen molar-refractivity contribution in [1.82, 2.24) is 4.98 Å². The first-order valence-corrected chi connectivity index (χ1v) is 6.82. The van der Waals surface area contributed by atoms with E-state index >= 15 is 0 Å². The third-order valence-electron chi connectivity index (χ3n) is 2.03. The number of thiazole rings is 1. The topological polar surface area (TPSA) is 51.2 Å². The molecule has 0 aliphatic rings. The number of hydrogen-bond donors (Lipinski definition) is 1. The number of allylic oxidation sites excluding steroid dienone is 2. The fourth-order valence-electron chi connectivity index (χ4n) is 1.31. The van der Waals surface area contributed by atoms with E-state index in [2.05, 4.69) is 23.3 Å². The van der Waals surface area contributed by atoms with E-state index in [0.717, 1.165) is 17.7 Å². The molecule has 1 rings (SSSR count). The van der Waals surface area contributed by atoms with Crippen LogP contribution in [0.1, 0.15) is 46.7 Å². The van der Waals surface area contributed by atoms with Crippen molar-refractivity contribution < 1.29 is 9.53 Å². The second kappa shape index (κ2) is 6.00. The second-order valence-electron chi connectivity index (χ2n) is 4.96. The standard InChI is InChI=1S/C13H20N2O2S/c1-6-7-9(2)10-8-18-11(14-10)15-12(16)17-13(3,4)5/h7-8H,6H2,1-5H3,(H,14,15,16)/b9-7-. The van der Waals surface area contributed by atoms with Gasteiger partial charge in [-0.3, -0.25) is 5.32 Å². The van der Waals surface area contributed by atoms with Crippen molar-refractivity contribution in [3.8, 4) is 0 Å². The summed E-state index contributed by atoms with van der Waals surface area (Å²) in [5.74, 6) is 0. The first kappa shape index (κ1) is 14.7. The molecule has 0 atom stereocenters. The summed E-state index contributed by atoms with van der Waals surface area (Å²) in [4.78, 5) is 15.9. The molecule has 0 unspecified atom stereocenters. The molecule has 1 aromatic heterocycles. The zero-order valence-electron chi connectivity index (χ0n) is 11.5. The van der Waals surface area contributed by atoms with E-state index in [0.29, 0.717) is 5.13 Å². The van der Waals surface area contributed by atoms with E-state index in [-0.39, 0.29) is 0 Å². The number of carbonyl (C=O) groups excluding carboxylic acids is 1. The summed E-state index contributed by atoms with van der Waals surface area (Å²) in [6.07, 6.45) is 2.60.